The number of allylic oxidation sites excluding steroid dienone is 1. The summed E-state index contributed by atoms with van der Waals surface area (Å²) in [4.78, 5) is 0. The van der Waals surface area contributed by atoms with Crippen molar-refractivity contribution in [3.8, 4) is 6.07 Å². The molecule has 0 bridgehead atoms. The van der Waals surface area contributed by atoms with E-state index in [0.29, 0.717) is 16.2 Å². The number of hydrogen-bond acceptors (Lipinski definition) is 1. The van der Waals surface area contributed by atoms with E-state index in [2.05, 4.69) is 6.58 Å². The summed E-state index contributed by atoms with van der Waals surface area (Å²) in [7, 11) is 0. The summed E-state index contributed by atoms with van der Waals surface area (Å²) in [6.07, 6.45) is 0. The Morgan fingerprint density at radius 1 is 1.45 bits per heavy atom. The third-order valence-electron chi connectivity index (χ3n) is 1.33. The average molecular weight is 164 g/mol. The van der Waals surface area contributed by atoms with Crippen LogP contribution in [0.4, 0.5) is 0 Å². The SMILES string of the molecule is C=C(C#N)c1ccccc1Cl. The van der Waals surface area contributed by atoms with E-state index in [-0.39, 0.29) is 0 Å². The molecule has 0 aliphatic rings. The van der Waals surface area contributed by atoms with E-state index in [4.69, 9.17) is 16.9 Å². The number of hydrogen-bond donors (Lipinski definition) is 0. The lowest BCUT2D eigenvalue weighted by Gasteiger charge is -1.97. The molecule has 0 spiro atoms. The van der Waals surface area contributed by atoms with E-state index in [9.17, 15) is 0 Å². The molecule has 0 radical (unpaired) electrons. The lowest BCUT2D eigenvalue weighted by molar-refractivity contribution is 1.52. The second-order valence-electron chi connectivity index (χ2n) is 2.07. The van der Waals surface area contributed by atoms with Crippen molar-refractivity contribution in [1.82, 2.24) is 0 Å². The van der Waals surface area contributed by atoms with Crippen LogP contribution in [-0.2, 0) is 0 Å². The molecule has 1 aromatic carbocycles. The highest BCUT2D eigenvalue weighted by Crippen LogP contribution is 2.21. The maximum atomic E-state index is 8.50. The smallest absolute Gasteiger partial charge is 0.0992 e. The predicted octanol–water partition coefficient (Wildman–Crippen LogP) is 2.88. The molecule has 11 heavy (non-hydrogen) atoms. The minimum atomic E-state index is 0.399. The van der Waals surface area contributed by atoms with Crippen LogP contribution in [0.3, 0.4) is 0 Å². The van der Waals surface area contributed by atoms with Gasteiger partial charge in [-0.25, -0.2) is 0 Å². The number of nitrogens with zero attached hydrogens (tertiary/aromatic N) is 1. The molecule has 0 N–H and O–H groups in total. The van der Waals surface area contributed by atoms with Crippen molar-refractivity contribution in [2.45, 2.75) is 0 Å². The van der Waals surface area contributed by atoms with Crippen LogP contribution in [0.1, 0.15) is 5.56 Å². The van der Waals surface area contributed by atoms with Gasteiger partial charge in [0.2, 0.25) is 0 Å². The van der Waals surface area contributed by atoms with Crippen LogP contribution in [0.2, 0.25) is 5.02 Å². The zero-order valence-electron chi connectivity index (χ0n) is 5.84. The van der Waals surface area contributed by atoms with Crippen LogP contribution >= 0.6 is 11.6 Å². The lowest BCUT2D eigenvalue weighted by Crippen LogP contribution is -1.79. The number of benzene rings is 1. The summed E-state index contributed by atoms with van der Waals surface area (Å²) in [5.74, 6) is 0. The fourth-order valence-electron chi connectivity index (χ4n) is 0.766. The van der Waals surface area contributed by atoms with E-state index in [0.717, 1.165) is 0 Å². The quantitative estimate of drug-likeness (QED) is 0.584. The molecule has 0 unspecified atom stereocenters. The fourth-order valence-corrected chi connectivity index (χ4v) is 1.02. The largest absolute Gasteiger partial charge is 0.192 e. The van der Waals surface area contributed by atoms with Crippen molar-refractivity contribution in [3.63, 3.8) is 0 Å². The van der Waals surface area contributed by atoms with Gasteiger partial charge in [0.15, 0.2) is 0 Å². The van der Waals surface area contributed by atoms with Crippen molar-refractivity contribution >= 4 is 17.2 Å². The van der Waals surface area contributed by atoms with Crippen molar-refractivity contribution in [1.29, 1.82) is 5.26 Å². The molecule has 1 nitrogen and oxygen atoms in total. The zero-order valence-corrected chi connectivity index (χ0v) is 6.60. The highest BCUT2D eigenvalue weighted by Gasteiger charge is 2.00. The molecule has 0 atom stereocenters. The van der Waals surface area contributed by atoms with Gasteiger partial charge in [0.1, 0.15) is 0 Å². The van der Waals surface area contributed by atoms with Gasteiger partial charge >= 0.3 is 0 Å². The first-order valence-corrected chi connectivity index (χ1v) is 3.47. The highest BCUT2D eigenvalue weighted by atomic mass is 35.5. The van der Waals surface area contributed by atoms with Gasteiger partial charge in [-0.1, -0.05) is 36.4 Å². The minimum absolute atomic E-state index is 0.399. The van der Waals surface area contributed by atoms with E-state index in [1.54, 1.807) is 12.1 Å². The van der Waals surface area contributed by atoms with Gasteiger partial charge in [-0.2, -0.15) is 5.26 Å². The van der Waals surface area contributed by atoms with Crippen LogP contribution in [0, 0.1) is 11.3 Å². The Morgan fingerprint density at radius 2 is 2.09 bits per heavy atom. The van der Waals surface area contributed by atoms with Gasteiger partial charge in [0.05, 0.1) is 11.6 Å². The summed E-state index contributed by atoms with van der Waals surface area (Å²) in [5, 5.41) is 9.07. The van der Waals surface area contributed by atoms with Gasteiger partial charge in [-0.3, -0.25) is 0 Å². The molecule has 54 valence electrons. The Kier molecular flexibility index (Phi) is 2.30. The van der Waals surface area contributed by atoms with E-state index in [1.165, 1.54) is 0 Å². The van der Waals surface area contributed by atoms with Crippen molar-refractivity contribution in [3.05, 3.63) is 41.4 Å². The lowest BCUT2D eigenvalue weighted by atomic mass is 10.1. The fraction of sp³-hybridized carbons (Fsp3) is 0. The standard InChI is InChI=1S/C9H6ClN/c1-7(6-11)8-4-2-3-5-9(8)10/h2-5H,1H2. The molecular formula is C9H6ClN. The maximum Gasteiger partial charge on any atom is 0.0992 e. The highest BCUT2D eigenvalue weighted by molar-refractivity contribution is 6.32. The summed E-state index contributed by atoms with van der Waals surface area (Å²) >= 11 is 5.79. The molecule has 0 amide bonds. The van der Waals surface area contributed by atoms with Crippen molar-refractivity contribution < 1.29 is 0 Å². The molecular weight excluding hydrogens is 158 g/mol. The molecule has 1 rings (SSSR count). The third-order valence-corrected chi connectivity index (χ3v) is 1.66. The molecule has 0 heterocycles. The molecule has 0 aliphatic heterocycles. The molecule has 0 saturated heterocycles. The predicted molar refractivity (Wildman–Crippen MR) is 46.1 cm³/mol. The van der Waals surface area contributed by atoms with Crippen LogP contribution in [0.5, 0.6) is 0 Å². The Hall–Kier alpha value is -1.26. The van der Waals surface area contributed by atoms with Crippen LogP contribution in [0.15, 0.2) is 30.8 Å². The zero-order chi connectivity index (χ0) is 8.27. The third kappa shape index (κ3) is 1.60. The van der Waals surface area contributed by atoms with Crippen LogP contribution < -0.4 is 0 Å². The van der Waals surface area contributed by atoms with Crippen molar-refractivity contribution in [2.24, 2.45) is 0 Å². The molecule has 0 fully saturated rings. The van der Waals surface area contributed by atoms with Crippen molar-refractivity contribution in [2.75, 3.05) is 0 Å². The Balaban J connectivity index is 3.16. The Bertz CT molecular complexity index is 323. The summed E-state index contributed by atoms with van der Waals surface area (Å²) in [6.45, 7) is 3.56. The van der Waals surface area contributed by atoms with Crippen LogP contribution in [0.25, 0.3) is 5.57 Å². The Labute approximate surface area is 70.5 Å². The first kappa shape index (κ1) is 7.84. The Morgan fingerprint density at radius 3 is 2.64 bits per heavy atom. The number of halogens is 1. The van der Waals surface area contributed by atoms with Gasteiger partial charge in [0, 0.05) is 10.6 Å². The van der Waals surface area contributed by atoms with E-state index < -0.39 is 0 Å². The normalized spacial score (nSPS) is 8.73. The first-order valence-electron chi connectivity index (χ1n) is 3.09. The molecule has 0 aromatic heterocycles. The summed E-state index contributed by atoms with van der Waals surface area (Å²) in [6, 6.07) is 9.09. The number of nitriles is 1. The molecule has 1 aromatic rings. The van der Waals surface area contributed by atoms with Crippen LogP contribution in [-0.4, -0.2) is 0 Å². The maximum absolute atomic E-state index is 8.50. The van der Waals surface area contributed by atoms with Gasteiger partial charge < -0.3 is 0 Å². The molecule has 2 heteroatoms. The topological polar surface area (TPSA) is 23.8 Å². The van der Waals surface area contributed by atoms with Gasteiger partial charge in [-0.15, -0.1) is 0 Å². The first-order chi connectivity index (χ1) is 5.25. The molecule has 0 aliphatic carbocycles. The molecule has 0 saturated carbocycles. The number of rotatable bonds is 1. The average Bonchev–Trinajstić information content (AvgIpc) is 2.04. The summed E-state index contributed by atoms with van der Waals surface area (Å²) in [5.41, 5.74) is 1.10. The van der Waals surface area contributed by atoms with Gasteiger partial charge in [0.25, 0.3) is 0 Å². The monoisotopic (exact) mass is 163 g/mol. The van der Waals surface area contributed by atoms with Gasteiger partial charge in [-0.05, 0) is 6.07 Å². The van der Waals surface area contributed by atoms with E-state index in [1.807, 2.05) is 18.2 Å². The second kappa shape index (κ2) is 3.23. The summed E-state index contributed by atoms with van der Waals surface area (Å²) < 4.78 is 0. The minimum Gasteiger partial charge on any atom is -0.192 e. The van der Waals surface area contributed by atoms with E-state index >= 15 is 0 Å². The second-order valence-corrected chi connectivity index (χ2v) is 2.48.